The number of hydrogen-bond acceptors (Lipinski definition) is 6. The van der Waals surface area contributed by atoms with Gasteiger partial charge < -0.3 is 4.90 Å². The molecule has 2 aromatic rings. The minimum absolute atomic E-state index is 0.138. The van der Waals surface area contributed by atoms with Gasteiger partial charge in [-0.25, -0.2) is 9.48 Å². The summed E-state index contributed by atoms with van der Waals surface area (Å²) in [6, 6.07) is 8.55. The second-order valence-corrected chi connectivity index (χ2v) is 6.87. The summed E-state index contributed by atoms with van der Waals surface area (Å²) in [6.07, 6.45) is 1.25. The quantitative estimate of drug-likeness (QED) is 0.567. The lowest BCUT2D eigenvalue weighted by atomic mass is 10.0. The van der Waals surface area contributed by atoms with Crippen molar-refractivity contribution >= 4 is 29.6 Å². The summed E-state index contributed by atoms with van der Waals surface area (Å²) in [5.74, 6) is -1.52. The van der Waals surface area contributed by atoms with Crippen LogP contribution >= 0.6 is 0 Å². The van der Waals surface area contributed by atoms with E-state index < -0.39 is 23.4 Å². The highest BCUT2D eigenvalue weighted by Gasteiger charge is 2.38. The largest absolute Gasteiger partial charge is 0.375 e. The molecule has 150 valence electrons. The van der Waals surface area contributed by atoms with E-state index in [1.807, 2.05) is 30.3 Å². The molecule has 9 nitrogen and oxygen atoms in total. The number of carbonyl (C=O) groups is 3. The van der Waals surface area contributed by atoms with Crippen LogP contribution in [0.1, 0.15) is 5.56 Å². The molecule has 2 heterocycles. The highest BCUT2D eigenvalue weighted by Crippen LogP contribution is 2.31. The zero-order chi connectivity index (χ0) is 21.5. The Morgan fingerprint density at radius 3 is 1.97 bits per heavy atom. The smallest absolute Gasteiger partial charge is 0.333 e. The lowest BCUT2D eigenvalue weighted by molar-refractivity contribution is -0.134. The molecule has 1 aliphatic rings. The fraction of sp³-hybridized carbons (Fsp3) is 0.250. The second-order valence-electron chi connectivity index (χ2n) is 6.87. The molecule has 3 rings (SSSR count). The zero-order valence-corrected chi connectivity index (χ0v) is 16.8. The van der Waals surface area contributed by atoms with Crippen molar-refractivity contribution in [1.82, 2.24) is 19.6 Å². The van der Waals surface area contributed by atoms with Gasteiger partial charge in [0.05, 0.1) is 11.3 Å². The van der Waals surface area contributed by atoms with Crippen LogP contribution in [0.15, 0.2) is 40.7 Å². The van der Waals surface area contributed by atoms with Gasteiger partial charge in [0.1, 0.15) is 11.3 Å². The Morgan fingerprint density at radius 1 is 0.897 bits per heavy atom. The minimum Gasteiger partial charge on any atom is -0.375 e. The van der Waals surface area contributed by atoms with E-state index in [2.05, 4.69) is 5.10 Å². The number of nitrogens with zero attached hydrogens (tertiary/aromatic N) is 5. The van der Waals surface area contributed by atoms with Gasteiger partial charge in [-0.3, -0.25) is 24.2 Å². The molecular weight excluding hydrogens is 374 g/mol. The number of aromatic nitrogens is 2. The Hall–Kier alpha value is -3.75. The van der Waals surface area contributed by atoms with Gasteiger partial charge in [-0.1, -0.05) is 30.3 Å². The van der Waals surface area contributed by atoms with Crippen LogP contribution in [0.2, 0.25) is 0 Å². The van der Waals surface area contributed by atoms with Crippen LogP contribution in [-0.4, -0.2) is 65.6 Å². The molecular formula is C20H21N5O4. The molecule has 9 heteroatoms. The number of likely N-dealkylation sites (N-methyl/N-ethyl adjacent to an activating group) is 2. The number of anilines is 1. The second kappa shape index (κ2) is 7.34. The minimum atomic E-state index is -0.761. The number of carbonyl (C=O) groups excluding carboxylic acids is 3. The molecule has 1 aromatic heterocycles. The lowest BCUT2D eigenvalue weighted by Crippen LogP contribution is -2.53. The number of urea groups is 1. The van der Waals surface area contributed by atoms with Crippen LogP contribution in [0.3, 0.4) is 0 Å². The van der Waals surface area contributed by atoms with Crippen molar-refractivity contribution in [2.45, 2.75) is 0 Å². The standard InChI is InChI=1S/C20H21N5O4/c1-22(2)16-13(11-14-17(26)23(3)20(29)24(4)18(14)27)19(28)25(5)21-15(16)12-9-7-6-8-10-12/h6-11H,1-5H3. The van der Waals surface area contributed by atoms with E-state index >= 15 is 0 Å². The Morgan fingerprint density at radius 2 is 1.45 bits per heavy atom. The highest BCUT2D eigenvalue weighted by molar-refractivity contribution is 6.30. The summed E-state index contributed by atoms with van der Waals surface area (Å²) in [5.41, 5.74) is 1.17. The van der Waals surface area contributed by atoms with Crippen molar-refractivity contribution in [2.24, 2.45) is 7.05 Å². The fourth-order valence-corrected chi connectivity index (χ4v) is 3.14. The monoisotopic (exact) mass is 395 g/mol. The molecule has 4 amide bonds. The fourth-order valence-electron chi connectivity index (χ4n) is 3.14. The predicted octanol–water partition coefficient (Wildman–Crippen LogP) is 0.947. The topological polar surface area (TPSA) is 95.8 Å². The molecule has 1 aliphatic heterocycles. The summed E-state index contributed by atoms with van der Waals surface area (Å²) in [4.78, 5) is 53.4. The first kappa shape index (κ1) is 20.0. The summed E-state index contributed by atoms with van der Waals surface area (Å²) in [6.45, 7) is 0. The maximum atomic E-state index is 12.9. The van der Waals surface area contributed by atoms with Gasteiger partial charge in [0, 0.05) is 40.8 Å². The van der Waals surface area contributed by atoms with Gasteiger partial charge in [0.15, 0.2) is 0 Å². The number of benzene rings is 1. The van der Waals surface area contributed by atoms with Crippen LogP contribution < -0.4 is 10.5 Å². The van der Waals surface area contributed by atoms with E-state index in [1.165, 1.54) is 27.2 Å². The van der Waals surface area contributed by atoms with Gasteiger partial charge in [-0.15, -0.1) is 0 Å². The van der Waals surface area contributed by atoms with Gasteiger partial charge in [-0.05, 0) is 6.08 Å². The van der Waals surface area contributed by atoms with Crippen LogP contribution in [0.5, 0.6) is 0 Å². The number of amides is 4. The number of hydrogen-bond donors (Lipinski definition) is 0. The Labute approximate surface area is 167 Å². The van der Waals surface area contributed by atoms with E-state index in [0.717, 1.165) is 20.0 Å². The van der Waals surface area contributed by atoms with Crippen molar-refractivity contribution in [1.29, 1.82) is 0 Å². The molecule has 1 aromatic carbocycles. The summed E-state index contributed by atoms with van der Waals surface area (Å²) >= 11 is 0. The van der Waals surface area contributed by atoms with Crippen molar-refractivity contribution in [3.05, 3.63) is 51.8 Å². The maximum Gasteiger partial charge on any atom is 0.333 e. The van der Waals surface area contributed by atoms with Crippen molar-refractivity contribution in [3.8, 4) is 11.3 Å². The number of imide groups is 2. The summed E-state index contributed by atoms with van der Waals surface area (Å²) in [7, 11) is 7.57. The Kier molecular flexibility index (Phi) is 5.06. The van der Waals surface area contributed by atoms with E-state index in [4.69, 9.17) is 0 Å². The van der Waals surface area contributed by atoms with E-state index in [1.54, 1.807) is 19.0 Å². The molecule has 29 heavy (non-hydrogen) atoms. The number of aryl methyl sites for hydroxylation is 1. The van der Waals surface area contributed by atoms with E-state index in [-0.39, 0.29) is 11.1 Å². The van der Waals surface area contributed by atoms with E-state index in [9.17, 15) is 19.2 Å². The molecule has 0 N–H and O–H groups in total. The van der Waals surface area contributed by atoms with E-state index in [0.29, 0.717) is 11.4 Å². The molecule has 0 bridgehead atoms. The molecule has 0 radical (unpaired) electrons. The SMILES string of the molecule is CN1C(=O)C(=Cc2c(N(C)C)c(-c3ccccc3)nn(C)c2=O)C(=O)N(C)C1=O. The van der Waals surface area contributed by atoms with Gasteiger partial charge in [0.2, 0.25) is 0 Å². The molecule has 1 saturated heterocycles. The molecule has 0 saturated carbocycles. The third kappa shape index (κ3) is 3.31. The number of rotatable bonds is 3. The molecule has 0 spiro atoms. The maximum absolute atomic E-state index is 12.9. The van der Waals surface area contributed by atoms with Gasteiger partial charge in [-0.2, -0.15) is 5.10 Å². The lowest BCUT2D eigenvalue weighted by Gasteiger charge is -2.29. The third-order valence-corrected chi connectivity index (χ3v) is 4.68. The molecule has 0 atom stereocenters. The first-order valence-electron chi connectivity index (χ1n) is 8.81. The molecule has 1 fully saturated rings. The van der Waals surface area contributed by atoms with Crippen LogP contribution in [0.4, 0.5) is 10.5 Å². The average molecular weight is 395 g/mol. The first-order chi connectivity index (χ1) is 13.6. The van der Waals surface area contributed by atoms with Crippen LogP contribution in [0.25, 0.3) is 17.3 Å². The zero-order valence-electron chi connectivity index (χ0n) is 16.8. The van der Waals surface area contributed by atoms with Crippen molar-refractivity contribution < 1.29 is 14.4 Å². The molecule has 0 unspecified atom stereocenters. The van der Waals surface area contributed by atoms with Gasteiger partial charge >= 0.3 is 6.03 Å². The molecule has 0 aliphatic carbocycles. The van der Waals surface area contributed by atoms with Crippen molar-refractivity contribution in [2.75, 3.05) is 33.1 Å². The number of barbiturate groups is 1. The highest BCUT2D eigenvalue weighted by atomic mass is 16.2. The van der Waals surface area contributed by atoms with Gasteiger partial charge in [0.25, 0.3) is 17.4 Å². The third-order valence-electron chi connectivity index (χ3n) is 4.68. The Balaban J connectivity index is 2.32. The van der Waals surface area contributed by atoms with Crippen LogP contribution in [-0.2, 0) is 16.6 Å². The van der Waals surface area contributed by atoms with Crippen molar-refractivity contribution in [3.63, 3.8) is 0 Å². The average Bonchev–Trinajstić information content (AvgIpc) is 2.71. The predicted molar refractivity (Wildman–Crippen MR) is 108 cm³/mol. The Bertz CT molecular complexity index is 1080. The normalized spacial score (nSPS) is 14.5. The summed E-state index contributed by atoms with van der Waals surface area (Å²) in [5, 5.41) is 4.39. The first-order valence-corrected chi connectivity index (χ1v) is 8.81. The summed E-state index contributed by atoms with van der Waals surface area (Å²) < 4.78 is 1.16. The van der Waals surface area contributed by atoms with Crippen LogP contribution in [0, 0.1) is 0 Å².